The third-order valence-corrected chi connectivity index (χ3v) is 6.88. The first kappa shape index (κ1) is 21.7. The van der Waals surface area contributed by atoms with Crippen molar-refractivity contribution in [2.24, 2.45) is 11.7 Å². The molecule has 164 valence electrons. The molecule has 0 bridgehead atoms. The Labute approximate surface area is 187 Å². The quantitative estimate of drug-likeness (QED) is 0.725. The minimum absolute atomic E-state index is 0.0186. The molecule has 0 atom stereocenters. The van der Waals surface area contributed by atoms with Crippen molar-refractivity contribution in [3.63, 3.8) is 0 Å². The number of halogens is 1. The molecule has 4 rings (SSSR count). The van der Waals surface area contributed by atoms with Crippen molar-refractivity contribution in [3.05, 3.63) is 57.6 Å². The van der Waals surface area contributed by atoms with Crippen LogP contribution >= 0.6 is 11.6 Å². The highest BCUT2D eigenvalue weighted by Gasteiger charge is 2.38. The topological polar surface area (TPSA) is 84.7 Å². The average Bonchev–Trinajstić information content (AvgIpc) is 3.13. The van der Waals surface area contributed by atoms with Gasteiger partial charge in [-0.2, -0.15) is 0 Å². The third kappa shape index (κ3) is 4.14. The zero-order valence-electron chi connectivity index (χ0n) is 17.9. The molecule has 31 heavy (non-hydrogen) atoms. The van der Waals surface area contributed by atoms with E-state index in [1.165, 1.54) is 0 Å². The van der Waals surface area contributed by atoms with Gasteiger partial charge in [-0.3, -0.25) is 9.59 Å². The van der Waals surface area contributed by atoms with Crippen LogP contribution in [0, 0.1) is 12.8 Å². The zero-order chi connectivity index (χ0) is 22.1. The van der Waals surface area contributed by atoms with E-state index < -0.39 is 0 Å². The molecule has 0 saturated heterocycles. The van der Waals surface area contributed by atoms with Crippen molar-refractivity contribution in [2.45, 2.75) is 51.7 Å². The lowest BCUT2D eigenvalue weighted by Crippen LogP contribution is -2.40. The summed E-state index contributed by atoms with van der Waals surface area (Å²) in [6.07, 6.45) is 3.09. The summed E-state index contributed by atoms with van der Waals surface area (Å²) in [6, 6.07) is 9.44. The fourth-order valence-electron chi connectivity index (χ4n) is 4.74. The fourth-order valence-corrected chi connectivity index (χ4v) is 5.00. The number of carbonyl (C=O) groups is 2. The molecule has 0 unspecified atom stereocenters. The second kappa shape index (κ2) is 8.89. The number of carbonyl (C=O) groups excluding carboxylic acids is 2. The van der Waals surface area contributed by atoms with E-state index in [1.807, 2.05) is 36.1 Å². The number of hydrogen-bond donors (Lipinski definition) is 2. The maximum atomic E-state index is 13.0. The third-order valence-electron chi connectivity index (χ3n) is 6.57. The summed E-state index contributed by atoms with van der Waals surface area (Å²) in [5, 5.41) is 3.50. The second-order valence-electron chi connectivity index (χ2n) is 8.38. The number of ether oxygens (including phenoxy) is 1. The highest BCUT2D eigenvalue weighted by atomic mass is 35.5. The van der Waals surface area contributed by atoms with Gasteiger partial charge in [0.1, 0.15) is 5.75 Å². The SMILES string of the molecule is COc1cc(NC(=O)C2CCC(N3Cc4c(CN)ccc(Cl)c4C3=O)CC2)ccc1C. The van der Waals surface area contributed by atoms with Crippen molar-refractivity contribution < 1.29 is 14.3 Å². The fraction of sp³-hybridized carbons (Fsp3) is 0.417. The molecule has 2 aromatic carbocycles. The Bertz CT molecular complexity index is 1020. The van der Waals surface area contributed by atoms with Crippen LogP contribution in [-0.2, 0) is 17.9 Å². The number of nitrogens with zero attached hydrogens (tertiary/aromatic N) is 1. The standard InChI is InChI=1S/C24H28ClN3O3/c1-14-3-7-17(11-21(14)31-2)27-23(29)15-4-8-18(9-5-15)28-13-19-16(12-26)6-10-20(25)22(19)24(28)30/h3,6-7,10-11,15,18H,4-5,8-9,12-13,26H2,1-2H3,(H,27,29). The van der Waals surface area contributed by atoms with Crippen LogP contribution in [0.3, 0.4) is 0 Å². The molecule has 0 spiro atoms. The molecule has 1 aliphatic carbocycles. The highest BCUT2D eigenvalue weighted by Crippen LogP contribution is 2.37. The van der Waals surface area contributed by atoms with Gasteiger partial charge in [0.2, 0.25) is 5.91 Å². The first-order valence-electron chi connectivity index (χ1n) is 10.7. The molecule has 1 aliphatic heterocycles. The Morgan fingerprint density at radius 2 is 1.97 bits per heavy atom. The van der Waals surface area contributed by atoms with Gasteiger partial charge in [0, 0.05) is 36.8 Å². The Morgan fingerprint density at radius 1 is 1.23 bits per heavy atom. The Morgan fingerprint density at radius 3 is 2.65 bits per heavy atom. The van der Waals surface area contributed by atoms with Crippen LogP contribution < -0.4 is 15.8 Å². The monoisotopic (exact) mass is 441 g/mol. The largest absolute Gasteiger partial charge is 0.496 e. The molecule has 0 radical (unpaired) electrons. The Balaban J connectivity index is 1.38. The van der Waals surface area contributed by atoms with Crippen LogP contribution in [0.4, 0.5) is 5.69 Å². The summed E-state index contributed by atoms with van der Waals surface area (Å²) in [5.41, 5.74) is 10.1. The second-order valence-corrected chi connectivity index (χ2v) is 8.78. The van der Waals surface area contributed by atoms with Crippen LogP contribution in [0.5, 0.6) is 5.75 Å². The Kier molecular flexibility index (Phi) is 6.21. The molecule has 2 amide bonds. The Hall–Kier alpha value is -2.57. The first-order valence-corrected chi connectivity index (χ1v) is 11.1. The normalized spacial score (nSPS) is 20.5. The molecule has 6 nitrogen and oxygen atoms in total. The van der Waals surface area contributed by atoms with E-state index in [2.05, 4.69) is 5.32 Å². The number of aryl methyl sites for hydroxylation is 1. The van der Waals surface area contributed by atoms with Crippen LogP contribution in [0.1, 0.15) is 52.7 Å². The number of nitrogens with one attached hydrogen (secondary N) is 1. The van der Waals surface area contributed by atoms with E-state index in [9.17, 15) is 9.59 Å². The van der Waals surface area contributed by atoms with Crippen LogP contribution in [0.2, 0.25) is 5.02 Å². The predicted molar refractivity (Wildman–Crippen MR) is 121 cm³/mol. The predicted octanol–water partition coefficient (Wildman–Crippen LogP) is 4.27. The van der Waals surface area contributed by atoms with Crippen molar-refractivity contribution in [1.29, 1.82) is 0 Å². The van der Waals surface area contributed by atoms with Gasteiger partial charge in [-0.15, -0.1) is 0 Å². The summed E-state index contributed by atoms with van der Waals surface area (Å²) in [7, 11) is 1.62. The van der Waals surface area contributed by atoms with Crippen LogP contribution in [-0.4, -0.2) is 29.9 Å². The van der Waals surface area contributed by atoms with Gasteiger partial charge in [-0.25, -0.2) is 0 Å². The molecule has 3 N–H and O–H groups in total. The molecule has 1 heterocycles. The van der Waals surface area contributed by atoms with Gasteiger partial charge in [-0.05, 0) is 61.4 Å². The summed E-state index contributed by atoms with van der Waals surface area (Å²) in [6.45, 7) is 2.90. The summed E-state index contributed by atoms with van der Waals surface area (Å²) in [4.78, 5) is 27.7. The van der Waals surface area contributed by atoms with Gasteiger partial charge >= 0.3 is 0 Å². The number of benzene rings is 2. The van der Waals surface area contributed by atoms with Crippen LogP contribution in [0.25, 0.3) is 0 Å². The van der Waals surface area contributed by atoms with Crippen LogP contribution in [0.15, 0.2) is 30.3 Å². The molecule has 0 aromatic heterocycles. The van der Waals surface area contributed by atoms with Gasteiger partial charge in [-0.1, -0.05) is 23.7 Å². The van der Waals surface area contributed by atoms with E-state index in [0.29, 0.717) is 23.7 Å². The minimum atomic E-state index is -0.0631. The maximum absolute atomic E-state index is 13.0. The molecular formula is C24H28ClN3O3. The lowest BCUT2D eigenvalue weighted by molar-refractivity contribution is -0.121. The van der Waals surface area contributed by atoms with Crippen molar-refractivity contribution in [3.8, 4) is 5.75 Å². The van der Waals surface area contributed by atoms with Gasteiger partial charge in [0.25, 0.3) is 5.91 Å². The molecule has 2 aliphatic rings. The number of hydrogen-bond acceptors (Lipinski definition) is 4. The van der Waals surface area contributed by atoms with Gasteiger partial charge in [0.05, 0.1) is 17.7 Å². The van der Waals surface area contributed by atoms with Crippen molar-refractivity contribution in [1.82, 2.24) is 4.90 Å². The summed E-state index contributed by atoms with van der Waals surface area (Å²) in [5.74, 6) is 0.694. The summed E-state index contributed by atoms with van der Waals surface area (Å²) >= 11 is 6.32. The highest BCUT2D eigenvalue weighted by molar-refractivity contribution is 6.34. The molecule has 7 heteroatoms. The van der Waals surface area contributed by atoms with E-state index in [0.717, 1.165) is 53.8 Å². The van der Waals surface area contributed by atoms with Crippen molar-refractivity contribution >= 4 is 29.1 Å². The molecule has 2 aromatic rings. The van der Waals surface area contributed by atoms with E-state index in [1.54, 1.807) is 13.2 Å². The number of methoxy groups -OCH3 is 1. The molecule has 1 fully saturated rings. The smallest absolute Gasteiger partial charge is 0.256 e. The molecular weight excluding hydrogens is 414 g/mol. The van der Waals surface area contributed by atoms with Crippen molar-refractivity contribution in [2.75, 3.05) is 12.4 Å². The number of rotatable bonds is 5. The summed E-state index contributed by atoms with van der Waals surface area (Å²) < 4.78 is 5.34. The minimum Gasteiger partial charge on any atom is -0.496 e. The maximum Gasteiger partial charge on any atom is 0.256 e. The number of nitrogens with two attached hydrogens (primary N) is 1. The van der Waals surface area contributed by atoms with Gasteiger partial charge < -0.3 is 20.7 Å². The lowest BCUT2D eigenvalue weighted by atomic mass is 9.84. The van der Waals surface area contributed by atoms with Gasteiger partial charge in [0.15, 0.2) is 0 Å². The molecule has 1 saturated carbocycles. The zero-order valence-corrected chi connectivity index (χ0v) is 18.7. The van der Waals surface area contributed by atoms with E-state index in [4.69, 9.17) is 22.1 Å². The number of anilines is 1. The first-order chi connectivity index (χ1) is 14.9. The van der Waals surface area contributed by atoms with E-state index >= 15 is 0 Å². The van der Waals surface area contributed by atoms with E-state index in [-0.39, 0.29) is 23.8 Å². The lowest BCUT2D eigenvalue weighted by Gasteiger charge is -2.34. The number of amides is 2. The number of fused-ring (bicyclic) bond motifs is 1. The average molecular weight is 442 g/mol.